The molecule has 0 atom stereocenters. The van der Waals surface area contributed by atoms with Crippen molar-refractivity contribution in [3.05, 3.63) is 57.5 Å². The molecule has 4 nitrogen and oxygen atoms in total. The van der Waals surface area contributed by atoms with E-state index < -0.39 is 0 Å². The van der Waals surface area contributed by atoms with Gasteiger partial charge < -0.3 is 5.73 Å². The summed E-state index contributed by atoms with van der Waals surface area (Å²) in [5, 5.41) is 0. The molecule has 1 aromatic heterocycles. The molecule has 0 unspecified atom stereocenters. The van der Waals surface area contributed by atoms with E-state index in [4.69, 9.17) is 5.73 Å². The number of halogens is 1. The predicted molar refractivity (Wildman–Crippen MR) is 67.9 cm³/mol. The minimum absolute atomic E-state index is 0.296. The summed E-state index contributed by atoms with van der Waals surface area (Å²) in [5.74, 6) is -0.387. The van der Waals surface area contributed by atoms with Gasteiger partial charge in [0, 0.05) is 17.1 Å². The molecule has 18 heavy (non-hydrogen) atoms. The van der Waals surface area contributed by atoms with Gasteiger partial charge in [-0.05, 0) is 37.6 Å². The van der Waals surface area contributed by atoms with Gasteiger partial charge in [0.2, 0.25) is 0 Å². The lowest BCUT2D eigenvalue weighted by atomic mass is 10.1. The maximum atomic E-state index is 12.9. The van der Waals surface area contributed by atoms with Crippen LogP contribution in [0.3, 0.4) is 0 Å². The van der Waals surface area contributed by atoms with Crippen molar-refractivity contribution in [2.24, 2.45) is 0 Å². The number of aryl methyl sites for hydroxylation is 2. The average Bonchev–Trinajstić information content (AvgIpc) is 2.25. The van der Waals surface area contributed by atoms with E-state index in [1.807, 2.05) is 13.0 Å². The Labute approximate surface area is 104 Å². The summed E-state index contributed by atoms with van der Waals surface area (Å²) in [6, 6.07) is 5.97. The van der Waals surface area contributed by atoms with E-state index in [9.17, 15) is 9.18 Å². The van der Waals surface area contributed by atoms with Crippen LogP contribution in [0.4, 0.5) is 10.1 Å². The fraction of sp³-hybridized carbons (Fsp3) is 0.231. The molecule has 0 spiro atoms. The standard InChI is InChI=1S/C13H14FN3O/c1-8-5-9(2)17(13(18)16-8)7-10-3-4-11(14)6-12(10)15/h3-6H,7,15H2,1-2H3. The lowest BCUT2D eigenvalue weighted by Crippen LogP contribution is -2.26. The van der Waals surface area contributed by atoms with Crippen LogP contribution in [-0.2, 0) is 6.54 Å². The molecule has 1 aromatic carbocycles. The van der Waals surface area contributed by atoms with Crippen LogP contribution in [0.2, 0.25) is 0 Å². The summed E-state index contributed by atoms with van der Waals surface area (Å²) >= 11 is 0. The van der Waals surface area contributed by atoms with Crippen molar-refractivity contribution in [1.29, 1.82) is 0 Å². The Morgan fingerprint density at radius 1 is 1.33 bits per heavy atom. The number of rotatable bonds is 2. The number of anilines is 1. The van der Waals surface area contributed by atoms with E-state index in [0.717, 1.165) is 5.69 Å². The predicted octanol–water partition coefficient (Wildman–Crippen LogP) is 1.63. The van der Waals surface area contributed by atoms with Crippen molar-refractivity contribution < 1.29 is 4.39 Å². The number of nitrogen functional groups attached to an aromatic ring is 1. The Morgan fingerprint density at radius 3 is 2.67 bits per heavy atom. The van der Waals surface area contributed by atoms with E-state index in [1.165, 1.54) is 16.7 Å². The van der Waals surface area contributed by atoms with Crippen LogP contribution in [0, 0.1) is 19.7 Å². The second kappa shape index (κ2) is 4.60. The maximum absolute atomic E-state index is 12.9. The third-order valence-electron chi connectivity index (χ3n) is 2.78. The van der Waals surface area contributed by atoms with Crippen molar-refractivity contribution in [2.75, 3.05) is 5.73 Å². The van der Waals surface area contributed by atoms with Crippen LogP contribution < -0.4 is 11.4 Å². The summed E-state index contributed by atoms with van der Waals surface area (Å²) in [6.45, 7) is 3.89. The minimum atomic E-state index is -0.387. The first-order valence-electron chi connectivity index (χ1n) is 5.56. The molecule has 2 rings (SSSR count). The Morgan fingerprint density at radius 2 is 2.06 bits per heavy atom. The topological polar surface area (TPSA) is 60.9 Å². The summed E-state index contributed by atoms with van der Waals surface area (Å²) < 4.78 is 14.4. The molecule has 0 bridgehead atoms. The quantitative estimate of drug-likeness (QED) is 0.820. The first-order valence-corrected chi connectivity index (χ1v) is 5.56. The number of hydrogen-bond acceptors (Lipinski definition) is 3. The first kappa shape index (κ1) is 12.3. The molecule has 2 aromatic rings. The Hall–Kier alpha value is -2.17. The van der Waals surface area contributed by atoms with Gasteiger partial charge in [-0.1, -0.05) is 6.07 Å². The summed E-state index contributed by atoms with van der Waals surface area (Å²) in [5.41, 5.74) is 7.92. The third-order valence-corrected chi connectivity index (χ3v) is 2.78. The highest BCUT2D eigenvalue weighted by Crippen LogP contribution is 2.14. The van der Waals surface area contributed by atoms with Gasteiger partial charge in [-0.15, -0.1) is 0 Å². The van der Waals surface area contributed by atoms with E-state index in [0.29, 0.717) is 23.5 Å². The third kappa shape index (κ3) is 2.40. The second-order valence-electron chi connectivity index (χ2n) is 4.25. The van der Waals surface area contributed by atoms with Crippen LogP contribution in [0.5, 0.6) is 0 Å². The minimum Gasteiger partial charge on any atom is -0.398 e. The van der Waals surface area contributed by atoms with Crippen molar-refractivity contribution in [3.8, 4) is 0 Å². The fourth-order valence-corrected chi connectivity index (χ4v) is 1.85. The molecule has 1 heterocycles. The monoisotopic (exact) mass is 247 g/mol. The van der Waals surface area contributed by atoms with Crippen molar-refractivity contribution in [2.45, 2.75) is 20.4 Å². The van der Waals surface area contributed by atoms with Gasteiger partial charge in [0.05, 0.1) is 6.54 Å². The Kier molecular flexibility index (Phi) is 3.14. The molecule has 0 radical (unpaired) electrons. The van der Waals surface area contributed by atoms with Gasteiger partial charge in [-0.3, -0.25) is 4.57 Å². The van der Waals surface area contributed by atoms with Gasteiger partial charge in [-0.25, -0.2) is 9.18 Å². The highest BCUT2D eigenvalue weighted by Gasteiger charge is 2.07. The molecule has 0 saturated heterocycles. The lowest BCUT2D eigenvalue weighted by Gasteiger charge is -2.11. The molecule has 0 aliphatic rings. The molecule has 94 valence electrons. The van der Waals surface area contributed by atoms with E-state index >= 15 is 0 Å². The van der Waals surface area contributed by atoms with E-state index in [2.05, 4.69) is 4.98 Å². The highest BCUT2D eigenvalue weighted by molar-refractivity contribution is 5.47. The van der Waals surface area contributed by atoms with Crippen molar-refractivity contribution in [3.63, 3.8) is 0 Å². The largest absolute Gasteiger partial charge is 0.398 e. The van der Waals surface area contributed by atoms with Crippen LogP contribution in [0.25, 0.3) is 0 Å². The average molecular weight is 247 g/mol. The van der Waals surface area contributed by atoms with Gasteiger partial charge >= 0.3 is 5.69 Å². The molecule has 0 fully saturated rings. The first-order chi connectivity index (χ1) is 8.47. The highest BCUT2D eigenvalue weighted by atomic mass is 19.1. The number of aromatic nitrogens is 2. The number of nitrogens with two attached hydrogens (primary N) is 1. The number of nitrogens with zero attached hydrogens (tertiary/aromatic N) is 2. The maximum Gasteiger partial charge on any atom is 0.348 e. The molecule has 0 aliphatic carbocycles. The zero-order chi connectivity index (χ0) is 13.3. The fourth-order valence-electron chi connectivity index (χ4n) is 1.85. The van der Waals surface area contributed by atoms with Crippen LogP contribution in [0.15, 0.2) is 29.1 Å². The normalized spacial score (nSPS) is 10.6. The molecule has 5 heteroatoms. The van der Waals surface area contributed by atoms with Gasteiger partial charge in [0.1, 0.15) is 5.82 Å². The second-order valence-corrected chi connectivity index (χ2v) is 4.25. The van der Waals surface area contributed by atoms with Crippen molar-refractivity contribution in [1.82, 2.24) is 9.55 Å². The molecular formula is C13H14FN3O. The van der Waals surface area contributed by atoms with Crippen LogP contribution in [0.1, 0.15) is 17.0 Å². The summed E-state index contributed by atoms with van der Waals surface area (Å²) in [6.07, 6.45) is 0. The Bertz CT molecular complexity index is 649. The van der Waals surface area contributed by atoms with E-state index in [-0.39, 0.29) is 11.5 Å². The molecule has 0 saturated carbocycles. The Balaban J connectivity index is 2.43. The molecule has 0 aliphatic heterocycles. The summed E-state index contributed by atoms with van der Waals surface area (Å²) in [7, 11) is 0. The molecule has 2 N–H and O–H groups in total. The number of hydrogen-bond donors (Lipinski definition) is 1. The zero-order valence-corrected chi connectivity index (χ0v) is 10.3. The van der Waals surface area contributed by atoms with Crippen molar-refractivity contribution >= 4 is 5.69 Å². The number of benzene rings is 1. The zero-order valence-electron chi connectivity index (χ0n) is 10.3. The molecule has 0 amide bonds. The molecular weight excluding hydrogens is 233 g/mol. The van der Waals surface area contributed by atoms with Crippen LogP contribution >= 0.6 is 0 Å². The van der Waals surface area contributed by atoms with E-state index in [1.54, 1.807) is 13.0 Å². The van der Waals surface area contributed by atoms with Crippen LogP contribution in [-0.4, -0.2) is 9.55 Å². The van der Waals surface area contributed by atoms with Gasteiger partial charge in [-0.2, -0.15) is 4.98 Å². The lowest BCUT2D eigenvalue weighted by molar-refractivity contribution is 0.626. The van der Waals surface area contributed by atoms with Gasteiger partial charge in [0.25, 0.3) is 0 Å². The summed E-state index contributed by atoms with van der Waals surface area (Å²) in [4.78, 5) is 15.7. The van der Waals surface area contributed by atoms with Gasteiger partial charge in [0.15, 0.2) is 0 Å². The SMILES string of the molecule is Cc1cc(C)n(Cc2ccc(F)cc2N)c(=O)n1. The smallest absolute Gasteiger partial charge is 0.348 e.